The monoisotopic (exact) mass is 142 g/mol. The highest BCUT2D eigenvalue weighted by Gasteiger charge is 2.13. The molecule has 0 atom stereocenters. The zero-order chi connectivity index (χ0) is 8.20. The Balaban J connectivity index is 3.88. The molecule has 0 unspecified atom stereocenters. The van der Waals surface area contributed by atoms with Crippen molar-refractivity contribution in [2.75, 3.05) is 7.05 Å². The summed E-state index contributed by atoms with van der Waals surface area (Å²) in [5.41, 5.74) is -0.333. The van der Waals surface area contributed by atoms with E-state index in [1.54, 1.807) is 13.1 Å². The molecule has 0 spiro atoms. The summed E-state index contributed by atoms with van der Waals surface area (Å²) in [7, 11) is 1.58. The van der Waals surface area contributed by atoms with Crippen LogP contribution in [0.25, 0.3) is 0 Å². The summed E-state index contributed by atoms with van der Waals surface area (Å²) in [5, 5.41) is 5.15. The van der Waals surface area contributed by atoms with Gasteiger partial charge in [-0.1, -0.05) is 6.08 Å². The van der Waals surface area contributed by atoms with Crippen LogP contribution in [0, 0.1) is 0 Å². The average Bonchev–Trinajstić information content (AvgIpc) is 1.87. The number of hydrogen-bond donors (Lipinski definition) is 2. The molecule has 0 aliphatic rings. The second kappa shape index (κ2) is 3.25. The zero-order valence-electron chi connectivity index (χ0n) is 6.69. The highest BCUT2D eigenvalue weighted by molar-refractivity contribution is 5.74. The van der Waals surface area contributed by atoms with Gasteiger partial charge in [0.05, 0.1) is 5.54 Å². The largest absolute Gasteiger partial charge is 0.341 e. The lowest BCUT2D eigenvalue weighted by Crippen LogP contribution is -2.45. The Morgan fingerprint density at radius 1 is 1.60 bits per heavy atom. The molecule has 0 fully saturated rings. The minimum Gasteiger partial charge on any atom is -0.341 e. The Hall–Kier alpha value is -0.990. The Kier molecular flexibility index (Phi) is 2.93. The van der Waals surface area contributed by atoms with Gasteiger partial charge in [-0.2, -0.15) is 0 Å². The molecule has 0 bridgehead atoms. The molecule has 0 saturated heterocycles. The molecule has 3 heteroatoms. The molecule has 0 aliphatic carbocycles. The van der Waals surface area contributed by atoms with Gasteiger partial charge in [0.1, 0.15) is 0 Å². The molecule has 0 heterocycles. The number of carbonyl (C=O) groups excluding carboxylic acids is 1. The van der Waals surface area contributed by atoms with Crippen LogP contribution in [0.3, 0.4) is 0 Å². The van der Waals surface area contributed by atoms with Crippen LogP contribution in [-0.2, 0) is 0 Å². The molecule has 3 nitrogen and oxygen atoms in total. The predicted octanol–water partition coefficient (Wildman–Crippen LogP) is 0.880. The quantitative estimate of drug-likeness (QED) is 0.552. The zero-order valence-corrected chi connectivity index (χ0v) is 6.69. The number of rotatable bonds is 2. The van der Waals surface area contributed by atoms with Crippen LogP contribution in [0.1, 0.15) is 13.8 Å². The van der Waals surface area contributed by atoms with E-state index in [1.807, 2.05) is 13.8 Å². The predicted molar refractivity (Wildman–Crippen MR) is 41.9 cm³/mol. The number of carbonyl (C=O) groups is 1. The SMILES string of the molecule is C=CC(C)(C)NC(=O)NC. The van der Waals surface area contributed by atoms with Crippen molar-refractivity contribution in [3.05, 3.63) is 12.7 Å². The molecule has 58 valence electrons. The van der Waals surface area contributed by atoms with E-state index in [4.69, 9.17) is 0 Å². The topological polar surface area (TPSA) is 41.1 Å². The van der Waals surface area contributed by atoms with Crippen molar-refractivity contribution in [2.45, 2.75) is 19.4 Å². The first-order valence-corrected chi connectivity index (χ1v) is 3.15. The third-order valence-corrected chi connectivity index (χ3v) is 1.17. The molecule has 0 aromatic rings. The summed E-state index contributed by atoms with van der Waals surface area (Å²) < 4.78 is 0. The fraction of sp³-hybridized carbons (Fsp3) is 0.571. The Labute approximate surface area is 61.5 Å². The van der Waals surface area contributed by atoms with Crippen LogP contribution in [0.5, 0.6) is 0 Å². The van der Waals surface area contributed by atoms with E-state index in [1.165, 1.54) is 0 Å². The van der Waals surface area contributed by atoms with Crippen molar-refractivity contribution in [2.24, 2.45) is 0 Å². The van der Waals surface area contributed by atoms with Gasteiger partial charge in [-0.25, -0.2) is 4.79 Å². The molecule has 2 N–H and O–H groups in total. The summed E-state index contributed by atoms with van der Waals surface area (Å²) in [5.74, 6) is 0. The van der Waals surface area contributed by atoms with Crippen LogP contribution in [-0.4, -0.2) is 18.6 Å². The van der Waals surface area contributed by atoms with Gasteiger partial charge in [0, 0.05) is 7.05 Å². The summed E-state index contributed by atoms with van der Waals surface area (Å²) in [6, 6.07) is -0.190. The van der Waals surface area contributed by atoms with Crippen molar-refractivity contribution in [1.82, 2.24) is 10.6 Å². The Morgan fingerprint density at radius 3 is 2.40 bits per heavy atom. The molecule has 0 aromatic heterocycles. The van der Waals surface area contributed by atoms with E-state index in [0.29, 0.717) is 0 Å². The first-order chi connectivity index (χ1) is 4.52. The lowest BCUT2D eigenvalue weighted by molar-refractivity contribution is 0.236. The standard InChI is InChI=1S/C7H14N2O/c1-5-7(2,3)9-6(10)8-4/h5H,1H2,2-4H3,(H2,8,9,10). The van der Waals surface area contributed by atoms with Gasteiger partial charge >= 0.3 is 6.03 Å². The average molecular weight is 142 g/mol. The van der Waals surface area contributed by atoms with Crippen LogP contribution < -0.4 is 10.6 Å². The van der Waals surface area contributed by atoms with E-state index in [9.17, 15) is 4.79 Å². The van der Waals surface area contributed by atoms with E-state index in [0.717, 1.165) is 0 Å². The molecule has 10 heavy (non-hydrogen) atoms. The Bertz CT molecular complexity index is 141. The number of amides is 2. The Morgan fingerprint density at radius 2 is 2.10 bits per heavy atom. The fourth-order valence-electron chi connectivity index (χ4n) is 0.406. The highest BCUT2D eigenvalue weighted by Crippen LogP contribution is 2.00. The van der Waals surface area contributed by atoms with Crippen LogP contribution in [0.4, 0.5) is 4.79 Å². The van der Waals surface area contributed by atoms with Crippen molar-refractivity contribution < 1.29 is 4.79 Å². The van der Waals surface area contributed by atoms with Crippen LogP contribution in [0.15, 0.2) is 12.7 Å². The van der Waals surface area contributed by atoms with Gasteiger partial charge in [0.15, 0.2) is 0 Å². The molecule has 2 amide bonds. The maximum absolute atomic E-state index is 10.7. The molecular weight excluding hydrogens is 128 g/mol. The van der Waals surface area contributed by atoms with E-state index >= 15 is 0 Å². The van der Waals surface area contributed by atoms with E-state index in [2.05, 4.69) is 17.2 Å². The molecule has 0 radical (unpaired) electrons. The third-order valence-electron chi connectivity index (χ3n) is 1.17. The lowest BCUT2D eigenvalue weighted by Gasteiger charge is -2.20. The lowest BCUT2D eigenvalue weighted by atomic mass is 10.1. The normalized spacial score (nSPS) is 10.3. The number of urea groups is 1. The van der Waals surface area contributed by atoms with E-state index < -0.39 is 0 Å². The van der Waals surface area contributed by atoms with Gasteiger partial charge in [-0.15, -0.1) is 6.58 Å². The van der Waals surface area contributed by atoms with Gasteiger partial charge in [0.2, 0.25) is 0 Å². The molecule has 0 saturated carbocycles. The van der Waals surface area contributed by atoms with Crippen molar-refractivity contribution in [3.63, 3.8) is 0 Å². The van der Waals surface area contributed by atoms with Crippen molar-refractivity contribution in [3.8, 4) is 0 Å². The molecule has 0 aromatic carbocycles. The second-order valence-corrected chi connectivity index (χ2v) is 2.63. The highest BCUT2D eigenvalue weighted by atomic mass is 16.2. The first-order valence-electron chi connectivity index (χ1n) is 3.15. The molecular formula is C7H14N2O. The summed E-state index contributed by atoms with van der Waals surface area (Å²) in [6.45, 7) is 7.32. The smallest absolute Gasteiger partial charge is 0.315 e. The summed E-state index contributed by atoms with van der Waals surface area (Å²) in [4.78, 5) is 10.7. The summed E-state index contributed by atoms with van der Waals surface area (Å²) in [6.07, 6.45) is 1.68. The van der Waals surface area contributed by atoms with Crippen molar-refractivity contribution in [1.29, 1.82) is 0 Å². The van der Waals surface area contributed by atoms with Crippen LogP contribution in [0.2, 0.25) is 0 Å². The van der Waals surface area contributed by atoms with Gasteiger partial charge in [0.25, 0.3) is 0 Å². The summed E-state index contributed by atoms with van der Waals surface area (Å²) >= 11 is 0. The molecule has 0 rings (SSSR count). The number of hydrogen-bond acceptors (Lipinski definition) is 1. The minimum absolute atomic E-state index is 0.190. The number of nitrogens with one attached hydrogen (secondary N) is 2. The maximum Gasteiger partial charge on any atom is 0.315 e. The first kappa shape index (κ1) is 9.01. The van der Waals surface area contributed by atoms with Gasteiger partial charge in [-0.05, 0) is 13.8 Å². The van der Waals surface area contributed by atoms with E-state index in [-0.39, 0.29) is 11.6 Å². The van der Waals surface area contributed by atoms with Crippen LogP contribution >= 0.6 is 0 Å². The van der Waals surface area contributed by atoms with Gasteiger partial charge in [-0.3, -0.25) is 0 Å². The van der Waals surface area contributed by atoms with Crippen molar-refractivity contribution >= 4 is 6.03 Å². The minimum atomic E-state index is -0.333. The second-order valence-electron chi connectivity index (χ2n) is 2.63. The maximum atomic E-state index is 10.7. The third kappa shape index (κ3) is 3.12. The fourth-order valence-corrected chi connectivity index (χ4v) is 0.406. The molecule has 0 aliphatic heterocycles. The van der Waals surface area contributed by atoms with Gasteiger partial charge < -0.3 is 10.6 Å².